The fourth-order valence-electron chi connectivity index (χ4n) is 3.35. The molecule has 0 bridgehead atoms. The van der Waals surface area contributed by atoms with E-state index in [9.17, 15) is 9.59 Å². The Morgan fingerprint density at radius 1 is 1.14 bits per heavy atom. The van der Waals surface area contributed by atoms with Crippen LogP contribution < -0.4 is 5.32 Å². The van der Waals surface area contributed by atoms with Crippen LogP contribution in [0.5, 0.6) is 0 Å². The Balaban J connectivity index is 1.47. The predicted octanol–water partition coefficient (Wildman–Crippen LogP) is 5.85. The highest BCUT2D eigenvalue weighted by Gasteiger charge is 2.39. The number of carbonyl (C=O) groups is 2. The summed E-state index contributed by atoms with van der Waals surface area (Å²) in [6, 6.07) is 20.2. The lowest BCUT2D eigenvalue weighted by atomic mass is 10.1. The smallest absolute Gasteiger partial charge is 0.243 e. The minimum Gasteiger partial charge on any atom is -0.467 e. The van der Waals surface area contributed by atoms with Crippen LogP contribution in [0, 0.1) is 0 Å². The molecule has 1 saturated heterocycles. The third kappa shape index (κ3) is 6.94. The lowest BCUT2D eigenvalue weighted by molar-refractivity contribution is -0.128. The first-order chi connectivity index (χ1) is 17.0. The van der Waals surface area contributed by atoms with Crippen molar-refractivity contribution in [3.63, 3.8) is 0 Å². The first-order valence-electron chi connectivity index (χ1n) is 10.9. The highest BCUT2D eigenvalue weighted by atomic mass is 35.5. The summed E-state index contributed by atoms with van der Waals surface area (Å²) in [6.45, 7) is 2.13. The number of carbonyl (C=O) groups excluding carboxylic acids is 2. The summed E-state index contributed by atoms with van der Waals surface area (Å²) in [7, 11) is 0. The van der Waals surface area contributed by atoms with Gasteiger partial charge in [0.05, 0.1) is 19.0 Å². The maximum absolute atomic E-state index is 13.1. The minimum absolute atomic E-state index is 0.00352. The molecule has 1 aromatic heterocycles. The van der Waals surface area contributed by atoms with Crippen LogP contribution in [0.4, 0.5) is 5.69 Å². The molecule has 0 spiro atoms. The van der Waals surface area contributed by atoms with E-state index in [0.29, 0.717) is 21.6 Å². The predicted molar refractivity (Wildman–Crippen MR) is 141 cm³/mol. The van der Waals surface area contributed by atoms with E-state index in [0.717, 1.165) is 11.1 Å². The molecule has 2 aromatic carbocycles. The Hall–Kier alpha value is -3.62. The van der Waals surface area contributed by atoms with Crippen LogP contribution in [-0.4, -0.2) is 33.3 Å². The summed E-state index contributed by atoms with van der Waals surface area (Å²) >= 11 is 7.11. The van der Waals surface area contributed by atoms with Crippen LogP contribution >= 0.6 is 23.4 Å². The number of hydrogen-bond acceptors (Lipinski definition) is 6. The zero-order chi connectivity index (χ0) is 24.6. The van der Waals surface area contributed by atoms with Gasteiger partial charge in [-0.15, -0.1) is 5.10 Å². The van der Waals surface area contributed by atoms with Crippen molar-refractivity contribution in [1.82, 2.24) is 4.90 Å². The van der Waals surface area contributed by atoms with Crippen molar-refractivity contribution in [1.29, 1.82) is 0 Å². The molecule has 2 amide bonds. The van der Waals surface area contributed by atoms with Gasteiger partial charge in [0.1, 0.15) is 11.0 Å². The molecule has 0 radical (unpaired) electrons. The lowest BCUT2D eigenvalue weighted by Gasteiger charge is -2.14. The summed E-state index contributed by atoms with van der Waals surface area (Å²) in [4.78, 5) is 27.2. The largest absolute Gasteiger partial charge is 0.467 e. The summed E-state index contributed by atoms with van der Waals surface area (Å²) in [5.41, 5.74) is 2.58. The Morgan fingerprint density at radius 3 is 2.63 bits per heavy atom. The number of nitrogens with one attached hydrogen (secondary N) is 1. The van der Waals surface area contributed by atoms with E-state index < -0.39 is 5.25 Å². The van der Waals surface area contributed by atoms with Gasteiger partial charge < -0.3 is 9.73 Å². The molecular weight excluding hydrogens is 484 g/mol. The molecule has 2 heterocycles. The second-order valence-corrected chi connectivity index (χ2v) is 9.40. The molecule has 0 saturated carbocycles. The van der Waals surface area contributed by atoms with Gasteiger partial charge in [-0.3, -0.25) is 14.5 Å². The minimum atomic E-state index is -0.618. The standard InChI is InChI=1S/C26H23ClN4O3S/c1-18(14-19-6-3-2-4-7-19)16-28-30-26-31(17-22-8-5-13-34-22)25(33)23(35-26)15-24(32)29-21-11-9-20(27)10-12-21/h2-14,16,23H,15,17H2,1H3,(H,29,32)/b18-14+,28-16-,30-26-/t23-/m1/s1. The number of rotatable bonds is 8. The number of benzene rings is 2. The van der Waals surface area contributed by atoms with E-state index in [1.165, 1.54) is 16.7 Å². The van der Waals surface area contributed by atoms with Crippen LogP contribution in [0.25, 0.3) is 6.08 Å². The maximum atomic E-state index is 13.1. The van der Waals surface area contributed by atoms with Gasteiger partial charge in [-0.2, -0.15) is 5.10 Å². The van der Waals surface area contributed by atoms with Crippen molar-refractivity contribution in [3.05, 3.63) is 94.9 Å². The maximum Gasteiger partial charge on any atom is 0.243 e. The van der Waals surface area contributed by atoms with E-state index in [2.05, 4.69) is 15.5 Å². The summed E-state index contributed by atoms with van der Waals surface area (Å²) in [5, 5.41) is 11.7. The molecule has 4 rings (SSSR count). The summed E-state index contributed by atoms with van der Waals surface area (Å²) < 4.78 is 5.41. The van der Waals surface area contributed by atoms with Gasteiger partial charge in [-0.05, 0) is 54.5 Å². The molecule has 3 aromatic rings. The van der Waals surface area contributed by atoms with Crippen molar-refractivity contribution in [2.45, 2.75) is 25.1 Å². The van der Waals surface area contributed by atoms with Crippen LogP contribution in [0.15, 0.2) is 93.2 Å². The van der Waals surface area contributed by atoms with Gasteiger partial charge in [0, 0.05) is 17.1 Å². The van der Waals surface area contributed by atoms with Crippen molar-refractivity contribution < 1.29 is 14.0 Å². The molecular formula is C26H23ClN4O3S. The quantitative estimate of drug-likeness (QED) is 0.306. The van der Waals surface area contributed by atoms with E-state index >= 15 is 0 Å². The van der Waals surface area contributed by atoms with Crippen molar-refractivity contribution >= 4 is 58.3 Å². The van der Waals surface area contributed by atoms with Gasteiger partial charge >= 0.3 is 0 Å². The van der Waals surface area contributed by atoms with Gasteiger partial charge in [0.2, 0.25) is 11.8 Å². The Bertz CT molecular complexity index is 1260. The molecule has 178 valence electrons. The molecule has 1 aliphatic rings. The molecule has 1 fully saturated rings. The summed E-state index contributed by atoms with van der Waals surface area (Å²) in [6.07, 6.45) is 5.17. The number of hydrogen-bond donors (Lipinski definition) is 1. The monoisotopic (exact) mass is 506 g/mol. The average molecular weight is 507 g/mol. The number of allylic oxidation sites excluding steroid dienone is 1. The van der Waals surface area contributed by atoms with Crippen LogP contribution in [0.1, 0.15) is 24.7 Å². The molecule has 0 unspecified atom stereocenters. The number of thioether (sulfide) groups is 1. The fraction of sp³-hybridized carbons (Fsp3) is 0.154. The first kappa shape index (κ1) is 24.5. The van der Waals surface area contributed by atoms with Crippen molar-refractivity contribution in [3.8, 4) is 0 Å². The zero-order valence-electron chi connectivity index (χ0n) is 18.9. The number of furan rings is 1. The highest BCUT2D eigenvalue weighted by Crippen LogP contribution is 2.31. The lowest BCUT2D eigenvalue weighted by Crippen LogP contribution is -2.33. The number of amides is 2. The highest BCUT2D eigenvalue weighted by molar-refractivity contribution is 8.15. The molecule has 0 aliphatic carbocycles. The third-order valence-electron chi connectivity index (χ3n) is 5.01. The topological polar surface area (TPSA) is 87.3 Å². The van der Waals surface area contributed by atoms with Gasteiger partial charge in [-0.1, -0.05) is 59.8 Å². The fourth-order valence-corrected chi connectivity index (χ4v) is 4.57. The second kappa shape index (κ2) is 11.7. The van der Waals surface area contributed by atoms with Gasteiger partial charge in [0.15, 0.2) is 5.17 Å². The van der Waals surface area contributed by atoms with Gasteiger partial charge in [0.25, 0.3) is 0 Å². The van der Waals surface area contributed by atoms with E-state index in [1.54, 1.807) is 48.9 Å². The third-order valence-corrected chi connectivity index (χ3v) is 6.43. The zero-order valence-corrected chi connectivity index (χ0v) is 20.5. The number of nitrogens with zero attached hydrogens (tertiary/aromatic N) is 3. The molecule has 1 N–H and O–H groups in total. The van der Waals surface area contributed by atoms with E-state index in [1.807, 2.05) is 43.3 Å². The Labute approximate surface area is 212 Å². The summed E-state index contributed by atoms with van der Waals surface area (Å²) in [5.74, 6) is 0.118. The normalized spacial score (nSPS) is 17.5. The molecule has 7 nitrogen and oxygen atoms in total. The number of amidine groups is 1. The molecule has 35 heavy (non-hydrogen) atoms. The molecule has 1 atom stereocenters. The van der Waals surface area contributed by atoms with Crippen molar-refractivity contribution in [2.24, 2.45) is 10.2 Å². The average Bonchev–Trinajstić information content (AvgIpc) is 3.45. The second-order valence-electron chi connectivity index (χ2n) is 7.80. The van der Waals surface area contributed by atoms with Crippen LogP contribution in [0.2, 0.25) is 5.02 Å². The van der Waals surface area contributed by atoms with Crippen LogP contribution in [-0.2, 0) is 16.1 Å². The van der Waals surface area contributed by atoms with Gasteiger partial charge in [-0.25, -0.2) is 0 Å². The molecule has 1 aliphatic heterocycles. The molecule has 9 heteroatoms. The van der Waals surface area contributed by atoms with Crippen molar-refractivity contribution in [2.75, 3.05) is 5.32 Å². The number of halogens is 1. The van der Waals surface area contributed by atoms with E-state index in [-0.39, 0.29) is 24.8 Å². The van der Waals surface area contributed by atoms with E-state index in [4.69, 9.17) is 16.0 Å². The SMILES string of the molecule is CC(/C=N\N=C1/S[C@H](CC(=O)Nc2ccc(Cl)cc2)C(=O)N1Cc1ccco1)=C\c1ccccc1. The number of anilines is 1. The first-order valence-corrected chi connectivity index (χ1v) is 12.1. The Kier molecular flexibility index (Phi) is 8.18. The van der Waals surface area contributed by atoms with Crippen LogP contribution in [0.3, 0.4) is 0 Å². The Morgan fingerprint density at radius 2 is 1.91 bits per heavy atom.